The molecule has 1 aromatic heterocycles. The molecule has 0 saturated carbocycles. The third-order valence-corrected chi connectivity index (χ3v) is 7.64. The zero-order valence-electron chi connectivity index (χ0n) is 16.0. The van der Waals surface area contributed by atoms with E-state index in [1.165, 1.54) is 11.3 Å². The molecule has 1 saturated heterocycles. The molecule has 2 heterocycles. The van der Waals surface area contributed by atoms with E-state index >= 15 is 0 Å². The van der Waals surface area contributed by atoms with E-state index in [1.54, 1.807) is 6.07 Å². The third kappa shape index (κ3) is 5.08. The van der Waals surface area contributed by atoms with Gasteiger partial charge < -0.3 is 9.64 Å². The second-order valence-electron chi connectivity index (χ2n) is 6.87. The van der Waals surface area contributed by atoms with Gasteiger partial charge in [0.15, 0.2) is 0 Å². The molecular formula is C19H27N3O3S2. The van der Waals surface area contributed by atoms with Crippen LogP contribution in [0.1, 0.15) is 16.5 Å². The first-order valence-electron chi connectivity index (χ1n) is 9.02. The minimum Gasteiger partial charge on any atom is -0.379 e. The van der Waals surface area contributed by atoms with Crippen LogP contribution in [0.25, 0.3) is 0 Å². The van der Waals surface area contributed by atoms with Gasteiger partial charge in [-0.1, -0.05) is 12.1 Å². The predicted molar refractivity (Wildman–Crippen MR) is 110 cm³/mol. The number of sulfonamides is 1. The Bertz CT molecular complexity index is 841. The van der Waals surface area contributed by atoms with Crippen LogP contribution in [-0.4, -0.2) is 60.3 Å². The lowest BCUT2D eigenvalue weighted by molar-refractivity contribution is 0.0172. The van der Waals surface area contributed by atoms with E-state index in [1.807, 2.05) is 27.1 Å². The largest absolute Gasteiger partial charge is 0.379 e. The molecule has 1 atom stereocenters. The Morgan fingerprint density at radius 3 is 2.37 bits per heavy atom. The molecule has 0 amide bonds. The molecule has 1 aliphatic heterocycles. The molecule has 8 heteroatoms. The van der Waals surface area contributed by atoms with E-state index in [9.17, 15) is 8.42 Å². The van der Waals surface area contributed by atoms with E-state index < -0.39 is 10.0 Å². The van der Waals surface area contributed by atoms with E-state index in [0.717, 1.165) is 29.2 Å². The number of rotatable bonds is 7. The van der Waals surface area contributed by atoms with Crippen molar-refractivity contribution in [3.05, 3.63) is 46.8 Å². The Morgan fingerprint density at radius 1 is 1.15 bits per heavy atom. The highest BCUT2D eigenvalue weighted by Crippen LogP contribution is 2.25. The third-order valence-electron chi connectivity index (χ3n) is 4.73. The second kappa shape index (κ2) is 8.70. The van der Waals surface area contributed by atoms with Crippen LogP contribution in [0.4, 0.5) is 5.69 Å². The molecule has 148 valence electrons. The average Bonchev–Trinajstić information content (AvgIpc) is 3.10. The molecule has 0 radical (unpaired) electrons. The van der Waals surface area contributed by atoms with Gasteiger partial charge in [0.25, 0.3) is 0 Å². The molecule has 0 aliphatic carbocycles. The van der Waals surface area contributed by atoms with Gasteiger partial charge in [-0.25, -0.2) is 13.1 Å². The number of ether oxygens (including phenoxy) is 1. The highest BCUT2D eigenvalue weighted by Gasteiger charge is 2.25. The summed E-state index contributed by atoms with van der Waals surface area (Å²) in [6.45, 7) is 5.17. The molecule has 2 aromatic rings. The Morgan fingerprint density at radius 2 is 1.81 bits per heavy atom. The molecule has 3 rings (SSSR count). The zero-order chi connectivity index (χ0) is 19.4. The van der Waals surface area contributed by atoms with E-state index in [0.29, 0.717) is 24.0 Å². The van der Waals surface area contributed by atoms with Crippen molar-refractivity contribution in [3.8, 4) is 0 Å². The molecule has 0 bridgehead atoms. The van der Waals surface area contributed by atoms with Crippen LogP contribution in [0.5, 0.6) is 0 Å². The molecule has 0 spiro atoms. The number of hydrogen-bond acceptors (Lipinski definition) is 6. The van der Waals surface area contributed by atoms with Gasteiger partial charge in [-0.3, -0.25) is 4.90 Å². The lowest BCUT2D eigenvalue weighted by Crippen LogP contribution is -2.43. The molecule has 1 aromatic carbocycles. The maximum Gasteiger partial charge on any atom is 0.250 e. The van der Waals surface area contributed by atoms with Gasteiger partial charge in [0.05, 0.1) is 13.2 Å². The van der Waals surface area contributed by atoms with Crippen LogP contribution in [0.3, 0.4) is 0 Å². The number of hydrogen-bond donors (Lipinski definition) is 1. The first-order chi connectivity index (χ1) is 12.9. The Balaban J connectivity index is 1.79. The standard InChI is InChI=1S/C19H27N3O3S2/c1-15-4-9-19(26-15)27(23,24)20-14-18(22-10-12-25-13-11-22)16-5-7-17(8-6-16)21(2)3/h4-9,18,20H,10-14H2,1-3H3/t18-/m1/s1. The summed E-state index contributed by atoms with van der Waals surface area (Å²) in [6.07, 6.45) is 0. The van der Waals surface area contributed by atoms with Gasteiger partial charge in [-0.15, -0.1) is 11.3 Å². The fourth-order valence-electron chi connectivity index (χ4n) is 3.16. The molecule has 6 nitrogen and oxygen atoms in total. The topological polar surface area (TPSA) is 61.9 Å². The summed E-state index contributed by atoms with van der Waals surface area (Å²) in [5.41, 5.74) is 2.22. The van der Waals surface area contributed by atoms with Gasteiger partial charge in [-0.2, -0.15) is 0 Å². The van der Waals surface area contributed by atoms with E-state index in [4.69, 9.17) is 4.74 Å². The van der Waals surface area contributed by atoms with Gasteiger partial charge in [0, 0.05) is 50.3 Å². The van der Waals surface area contributed by atoms with Crippen molar-refractivity contribution in [2.45, 2.75) is 17.2 Å². The number of nitrogens with zero attached hydrogens (tertiary/aromatic N) is 2. The van der Waals surface area contributed by atoms with Crippen molar-refractivity contribution in [1.82, 2.24) is 9.62 Å². The monoisotopic (exact) mass is 409 g/mol. The van der Waals surface area contributed by atoms with Gasteiger partial charge in [0.1, 0.15) is 4.21 Å². The molecule has 1 aliphatic rings. The van der Waals surface area contributed by atoms with Crippen LogP contribution in [-0.2, 0) is 14.8 Å². The van der Waals surface area contributed by atoms with Crippen LogP contribution < -0.4 is 9.62 Å². The van der Waals surface area contributed by atoms with E-state index in [-0.39, 0.29) is 6.04 Å². The van der Waals surface area contributed by atoms with Crippen LogP contribution in [0, 0.1) is 6.92 Å². The van der Waals surface area contributed by atoms with Gasteiger partial charge in [0.2, 0.25) is 10.0 Å². The quantitative estimate of drug-likeness (QED) is 0.761. The van der Waals surface area contributed by atoms with Gasteiger partial charge in [-0.05, 0) is 36.8 Å². The summed E-state index contributed by atoms with van der Waals surface area (Å²) in [6, 6.07) is 11.8. The lowest BCUT2D eigenvalue weighted by Gasteiger charge is -2.35. The summed E-state index contributed by atoms with van der Waals surface area (Å²) < 4.78 is 34.0. The molecule has 0 unspecified atom stereocenters. The van der Waals surface area contributed by atoms with Crippen LogP contribution in [0.15, 0.2) is 40.6 Å². The SMILES string of the molecule is Cc1ccc(S(=O)(=O)NC[C@H](c2ccc(N(C)C)cc2)N2CCOCC2)s1. The predicted octanol–water partition coefficient (Wildman–Crippen LogP) is 2.47. The summed E-state index contributed by atoms with van der Waals surface area (Å²) in [5.74, 6) is 0. The number of anilines is 1. The highest BCUT2D eigenvalue weighted by molar-refractivity contribution is 7.91. The maximum absolute atomic E-state index is 12.7. The van der Waals surface area contributed by atoms with Crippen molar-refractivity contribution in [2.75, 3.05) is 51.8 Å². The Kier molecular flexibility index (Phi) is 6.54. The first kappa shape index (κ1) is 20.3. The highest BCUT2D eigenvalue weighted by atomic mass is 32.2. The van der Waals surface area contributed by atoms with Crippen molar-refractivity contribution in [3.63, 3.8) is 0 Å². The summed E-state index contributed by atoms with van der Waals surface area (Å²) in [7, 11) is 0.511. The minimum atomic E-state index is -3.50. The van der Waals surface area contributed by atoms with Crippen molar-refractivity contribution in [1.29, 1.82) is 0 Å². The summed E-state index contributed by atoms with van der Waals surface area (Å²) in [5, 5.41) is 0. The molecule has 1 fully saturated rings. The van der Waals surface area contributed by atoms with Gasteiger partial charge >= 0.3 is 0 Å². The molecule has 27 heavy (non-hydrogen) atoms. The van der Waals surface area contributed by atoms with Crippen molar-refractivity contribution in [2.24, 2.45) is 0 Å². The fraction of sp³-hybridized carbons (Fsp3) is 0.474. The smallest absolute Gasteiger partial charge is 0.250 e. The lowest BCUT2D eigenvalue weighted by atomic mass is 10.0. The Labute approximate surface area is 165 Å². The van der Waals surface area contributed by atoms with Crippen LogP contribution in [0.2, 0.25) is 0 Å². The molecule has 1 N–H and O–H groups in total. The summed E-state index contributed by atoms with van der Waals surface area (Å²) >= 11 is 1.29. The minimum absolute atomic E-state index is 0.0269. The number of aryl methyl sites for hydroxylation is 1. The van der Waals surface area contributed by atoms with Crippen LogP contribution >= 0.6 is 11.3 Å². The van der Waals surface area contributed by atoms with E-state index in [2.05, 4.69) is 38.8 Å². The average molecular weight is 410 g/mol. The Hall–Kier alpha value is -1.45. The number of morpholine rings is 1. The number of benzene rings is 1. The summed E-state index contributed by atoms with van der Waals surface area (Å²) in [4.78, 5) is 5.32. The van der Waals surface area contributed by atoms with Crippen molar-refractivity contribution < 1.29 is 13.2 Å². The number of nitrogens with one attached hydrogen (secondary N) is 1. The second-order valence-corrected chi connectivity index (χ2v) is 10.1. The first-order valence-corrected chi connectivity index (χ1v) is 11.3. The fourth-order valence-corrected chi connectivity index (χ4v) is 5.52. The molecular weight excluding hydrogens is 382 g/mol. The van der Waals surface area contributed by atoms with Crippen molar-refractivity contribution >= 4 is 27.0 Å². The zero-order valence-corrected chi connectivity index (χ0v) is 17.6. The number of thiophene rings is 1. The maximum atomic E-state index is 12.7. The normalized spacial score (nSPS) is 17.0.